The zero-order chi connectivity index (χ0) is 74.9. The number of aliphatic hydroxyl groups excluding tert-OH is 3. The standard InChI is InChI=1S/C62H90N13O14P.C5H14NO.CN.Co/c1-29-20-39-40(21-30(29)2)75(28-70-39)57-52(84)53(41(27-76)87-57)89-90(85,86)88-31(3)26-69-49(83)18-19-59(8)37(22-46(66)80)56-62(11)61(10,25-48(68)82)36(14-17-45(65)79)51(74-62)33(5)55-60(9,24-47(67)81)34(12-15-43(63)77)38(71-55)23-42-58(6,7)35(13-16-44(64)78)50(72-42)32(4)54(59)73-56;1-6(2,3)4-5-7;1-2;/h20-21,23,28,31,34-37,41,52-53,56-57,76,84H,12-19,22,24-27H2,1-11H3,(H15,63,64,65,66,67,68,69,71,72,73,74,77,78,79,80,81,82,83,85,86);7H,4-5H2,1-3H3;;/q;+1;;+2/p-2/t31?,34-,35-,36-,37+,41-,52-,53-,56-,57+,59-,60+,61+,62+;;;/m1.../s1. The number of likely N-dealkylation sites (N-methyl/N-ethyl adjacent to an activating group) is 1. The van der Waals surface area contributed by atoms with Gasteiger partial charge in [-0.3, -0.25) is 4.57 Å². The van der Waals surface area contributed by atoms with Gasteiger partial charge >= 0.3 is 417 Å². The van der Waals surface area contributed by atoms with E-state index in [1.54, 1.807) is 37.7 Å². The molecule has 2 aromatic rings. The van der Waals surface area contributed by atoms with Crippen LogP contribution in [0.4, 0.5) is 0 Å². The van der Waals surface area contributed by atoms with E-state index < -0.39 is 143 Å². The van der Waals surface area contributed by atoms with E-state index in [1.165, 1.54) is 17.8 Å². The first-order chi connectivity index (χ1) is 46.4. The van der Waals surface area contributed by atoms with Crippen LogP contribution in [0.3, 0.4) is 0 Å². The normalized spacial score (nSPS) is 32.0. The van der Waals surface area contributed by atoms with Gasteiger partial charge in [-0.15, -0.1) is 0 Å². The number of carbonyl (C=O) groups excluding carboxylic acids is 7. The minimum absolute atomic E-state index is 0.0111. The monoisotopic (exact) mass is 1460 g/mol. The van der Waals surface area contributed by atoms with Gasteiger partial charge in [0.25, 0.3) is 7.82 Å². The molecule has 2 unspecified atom stereocenters. The van der Waals surface area contributed by atoms with Crippen LogP contribution in [0.25, 0.3) is 11.0 Å². The van der Waals surface area contributed by atoms with Crippen LogP contribution in [0, 0.1) is 69.4 Å². The molecule has 1 aromatic carbocycles. The van der Waals surface area contributed by atoms with Crippen LogP contribution in [-0.2, 0) is 66.8 Å². The zero-order valence-electron chi connectivity index (χ0n) is 59.8. The second-order valence-electron chi connectivity index (χ2n) is 30.0. The van der Waals surface area contributed by atoms with Gasteiger partial charge in [-0.25, -0.2) is 4.98 Å². The first kappa shape index (κ1) is 80.2. The van der Waals surface area contributed by atoms with E-state index in [2.05, 4.69) is 36.4 Å². The molecule has 0 saturated carbocycles. The molecule has 1 aromatic heterocycles. The number of nitrogens with one attached hydrogen (secondary N) is 1. The van der Waals surface area contributed by atoms with Crippen molar-refractivity contribution in [1.29, 1.82) is 5.26 Å². The van der Waals surface area contributed by atoms with E-state index in [4.69, 9.17) is 68.3 Å². The van der Waals surface area contributed by atoms with Crippen LogP contribution in [0.2, 0.25) is 0 Å². The van der Waals surface area contributed by atoms with Gasteiger partial charge in [-0.1, -0.05) is 0 Å². The molecule has 32 heteroatoms. The molecule has 15 atom stereocenters. The Morgan fingerprint density at radius 2 is 1.40 bits per heavy atom. The van der Waals surface area contributed by atoms with Gasteiger partial charge < -0.3 is 38.5 Å². The van der Waals surface area contributed by atoms with E-state index in [0.29, 0.717) is 56.4 Å². The van der Waals surface area contributed by atoms with Crippen molar-refractivity contribution in [2.24, 2.45) is 94.7 Å². The average molecular weight is 1460 g/mol. The second-order valence-corrected chi connectivity index (χ2v) is 32.3. The van der Waals surface area contributed by atoms with Crippen LogP contribution in [0.15, 0.2) is 67.8 Å². The minimum Gasteiger partial charge on any atom is -0.391 e. The summed E-state index contributed by atoms with van der Waals surface area (Å²) in [5.41, 5.74) is 36.3. The number of phosphoric ester groups is 1. The number of imidazole rings is 1. The Bertz CT molecular complexity index is 3850. The summed E-state index contributed by atoms with van der Waals surface area (Å²) >= 11 is 0.0230. The van der Waals surface area contributed by atoms with Crippen molar-refractivity contribution >= 4 is 77.3 Å². The number of nitriles is 1. The maximum atomic E-state index is 14.5. The Morgan fingerprint density at radius 3 is 1.94 bits per heavy atom. The van der Waals surface area contributed by atoms with Gasteiger partial charge in [-0.2, -0.15) is 0 Å². The Kier molecular flexibility index (Phi) is 24.8. The Labute approximate surface area is 590 Å². The van der Waals surface area contributed by atoms with Crippen LogP contribution < -0.4 is 44.6 Å². The number of phosphoric acid groups is 1. The number of nitrogens with two attached hydrogens (primary N) is 6. The number of hydrogen-bond acceptors (Lipinski definition) is 21. The van der Waals surface area contributed by atoms with Crippen molar-refractivity contribution in [1.82, 2.24) is 18.8 Å². The van der Waals surface area contributed by atoms with Crippen molar-refractivity contribution in [3.8, 4) is 5.00 Å². The molecule has 7 amide bonds. The molecule has 2 fully saturated rings. The molecule has 30 nitrogen and oxygen atoms in total. The van der Waals surface area contributed by atoms with E-state index >= 15 is 0 Å². The molecule has 8 rings (SSSR count). The van der Waals surface area contributed by atoms with Crippen LogP contribution in [0.5, 0.6) is 0 Å². The number of quaternary nitrogens is 1. The third kappa shape index (κ3) is 16.4. The number of amides is 7. The zero-order valence-corrected chi connectivity index (χ0v) is 61.7. The third-order valence-electron chi connectivity index (χ3n) is 21.6. The average Bonchev–Trinajstić information content (AvgIpc) is 1.51. The number of benzene rings is 1. The molecule has 0 spiro atoms. The number of nitrogens with zero attached hydrogens (tertiary/aromatic N) is 8. The minimum atomic E-state index is -5.35. The number of carbonyl (C=O) groups is 7. The van der Waals surface area contributed by atoms with Crippen molar-refractivity contribution in [3.05, 3.63) is 63.9 Å². The van der Waals surface area contributed by atoms with Crippen LogP contribution >= 0.6 is 7.82 Å². The summed E-state index contributed by atoms with van der Waals surface area (Å²) in [5, 5.41) is 46.3. The Hall–Kier alpha value is -7.08. The molecule has 100 heavy (non-hydrogen) atoms. The van der Waals surface area contributed by atoms with E-state index in [1.807, 2.05) is 53.7 Å². The summed E-state index contributed by atoms with van der Waals surface area (Å²) in [7, 11) is 0.810. The molecular formula is C68H102CoN15O15P+. The SMILES string of the molecule is C/C1=C2N=C(/C=C3N=C(/C(C)=C4/[C@@H](CCC(N)=O)[C@](C)(CC(N)=O)[C@](C)([C@@H]5N=C1[C@](C)(CCC(=O)NCC(C)OP(=O)([O-])O[C@H]1[C@@H](O)[C@@H](n6cnc7cc(C)c(C)cc76)O[C@@H]1CO)[C@H]5CC(N)=O)[N]4[Co+][C]#N)[C@@](C)(CC(N)=O)[C@@H]\3CCC(N)=O)C(C)(C)[C@@H]/2CCC(N)=O.C[N+](C)(C)CCO. The summed E-state index contributed by atoms with van der Waals surface area (Å²) in [5.74, 6) is -7.88. The molecule has 552 valence electrons. The van der Waals surface area contributed by atoms with Crippen molar-refractivity contribution in [3.63, 3.8) is 0 Å². The van der Waals surface area contributed by atoms with Gasteiger partial charge in [0.1, 0.15) is 24.9 Å². The predicted octanol–water partition coefficient (Wildman–Crippen LogP) is 2.41. The number of aromatic nitrogens is 2. The van der Waals surface area contributed by atoms with E-state index in [0.717, 1.165) is 22.2 Å². The molecule has 0 aliphatic carbocycles. The number of aliphatic imine (C=N–C) groups is 3. The summed E-state index contributed by atoms with van der Waals surface area (Å²) in [6, 6.07) is 2.56. The van der Waals surface area contributed by atoms with Gasteiger partial charge in [0.15, 0.2) is 6.23 Å². The first-order valence-corrected chi connectivity index (χ1v) is 36.0. The summed E-state index contributed by atoms with van der Waals surface area (Å²) < 4.78 is 34.6. The van der Waals surface area contributed by atoms with Crippen molar-refractivity contribution < 1.29 is 91.5 Å². The van der Waals surface area contributed by atoms with Gasteiger partial charge in [0.05, 0.1) is 51.7 Å². The topological polar surface area (TPSA) is 498 Å². The number of aliphatic hydroxyl groups is 3. The Balaban J connectivity index is 0.00000190. The molecule has 7 heterocycles. The maximum absolute atomic E-state index is 14.5. The summed E-state index contributed by atoms with van der Waals surface area (Å²) in [4.78, 5) is 129. The first-order valence-electron chi connectivity index (χ1n) is 33.5. The predicted molar refractivity (Wildman–Crippen MR) is 366 cm³/mol. The number of ether oxygens (including phenoxy) is 1. The van der Waals surface area contributed by atoms with Crippen LogP contribution in [-0.4, -0.2) is 175 Å². The van der Waals surface area contributed by atoms with Gasteiger partial charge in [0, 0.05) is 0 Å². The molecule has 2 saturated heterocycles. The number of hydrogen-bond donors (Lipinski definition) is 10. The molecule has 6 aliphatic heterocycles. The number of fused-ring (bicyclic) bond motifs is 7. The molecular weight excluding hydrogens is 1360 g/mol. The molecule has 8 bridgehead atoms. The summed E-state index contributed by atoms with van der Waals surface area (Å²) in [6.45, 7) is 19.9. The van der Waals surface area contributed by atoms with Crippen molar-refractivity contribution in [2.75, 3.05) is 47.4 Å². The molecule has 6 aliphatic rings. The smallest absolute Gasteiger partial charge is 0.391 e. The fraction of sp³-hybridized carbons (Fsp3) is 0.647. The van der Waals surface area contributed by atoms with Crippen molar-refractivity contribution in [2.45, 2.75) is 189 Å². The third-order valence-corrected chi connectivity index (χ3v) is 23.8. The molecule has 16 N–H and O–H groups in total. The quantitative estimate of drug-likeness (QED) is 0.0413. The van der Waals surface area contributed by atoms with Gasteiger partial charge in [0.2, 0.25) is 0 Å². The van der Waals surface area contributed by atoms with Gasteiger partial charge in [-0.05, 0) is 37.1 Å². The van der Waals surface area contributed by atoms with E-state index in [9.17, 15) is 58.5 Å². The fourth-order valence-electron chi connectivity index (χ4n) is 16.0. The van der Waals surface area contributed by atoms with Crippen LogP contribution in [0.1, 0.15) is 150 Å². The number of primary amides is 6. The summed E-state index contributed by atoms with van der Waals surface area (Å²) in [6.07, 6.45) is -5.38. The second kappa shape index (κ2) is 30.9. The van der Waals surface area contributed by atoms with E-state index in [-0.39, 0.29) is 98.7 Å². The Morgan fingerprint density at radius 1 is 0.810 bits per heavy atom. The number of rotatable bonds is 29. The fourth-order valence-corrected chi connectivity index (χ4v) is 18.3. The number of aryl methyl sites for hydroxylation is 2. The molecule has 0 radical (unpaired) electrons. The number of allylic oxidation sites excluding steroid dienone is 6.